The standard InChI is InChI=1S/C12H12F2N2O2/c1-2-8(5-6-15)16-9-3-4-10-11(7-9)18-12(13,14)17-10/h3-4,7-8,16H,2,5H2,1H3. The van der Waals surface area contributed by atoms with Gasteiger partial charge in [0.05, 0.1) is 12.5 Å². The third-order valence-electron chi connectivity index (χ3n) is 2.60. The minimum absolute atomic E-state index is 0.00295. The Balaban J connectivity index is 2.12. The van der Waals surface area contributed by atoms with E-state index >= 15 is 0 Å². The van der Waals surface area contributed by atoms with Crippen molar-refractivity contribution in [3.63, 3.8) is 0 Å². The number of ether oxygens (including phenoxy) is 2. The summed E-state index contributed by atoms with van der Waals surface area (Å²) in [5.74, 6) is 0.00990. The van der Waals surface area contributed by atoms with E-state index in [9.17, 15) is 8.78 Å². The topological polar surface area (TPSA) is 54.3 Å². The Morgan fingerprint density at radius 2 is 2.11 bits per heavy atom. The minimum Gasteiger partial charge on any atom is -0.395 e. The van der Waals surface area contributed by atoms with E-state index in [1.54, 1.807) is 6.07 Å². The third-order valence-corrected chi connectivity index (χ3v) is 2.60. The van der Waals surface area contributed by atoms with Crippen molar-refractivity contribution in [3.8, 4) is 17.6 Å². The zero-order valence-corrected chi connectivity index (χ0v) is 9.74. The molecule has 0 spiro atoms. The summed E-state index contributed by atoms with van der Waals surface area (Å²) in [7, 11) is 0. The van der Waals surface area contributed by atoms with Gasteiger partial charge in [0, 0.05) is 17.8 Å². The van der Waals surface area contributed by atoms with Crippen molar-refractivity contribution in [1.82, 2.24) is 0 Å². The average Bonchev–Trinajstić information content (AvgIpc) is 2.61. The second-order valence-electron chi connectivity index (χ2n) is 3.94. The Bertz CT molecular complexity index is 485. The number of alkyl halides is 2. The minimum atomic E-state index is -3.60. The van der Waals surface area contributed by atoms with Gasteiger partial charge in [-0.3, -0.25) is 0 Å². The SMILES string of the molecule is CCC(CC#N)Nc1ccc2c(c1)OC(F)(F)O2. The van der Waals surface area contributed by atoms with Gasteiger partial charge in [-0.15, -0.1) is 8.78 Å². The zero-order chi connectivity index (χ0) is 13.2. The lowest BCUT2D eigenvalue weighted by Crippen LogP contribution is -2.25. The van der Waals surface area contributed by atoms with Crippen LogP contribution in [-0.4, -0.2) is 12.3 Å². The van der Waals surface area contributed by atoms with E-state index in [0.717, 1.165) is 6.42 Å². The Hall–Kier alpha value is -2.03. The van der Waals surface area contributed by atoms with E-state index in [1.807, 2.05) is 6.92 Å². The van der Waals surface area contributed by atoms with Crippen molar-refractivity contribution in [3.05, 3.63) is 18.2 Å². The van der Waals surface area contributed by atoms with Gasteiger partial charge in [0.15, 0.2) is 11.5 Å². The first-order valence-electron chi connectivity index (χ1n) is 5.57. The molecule has 0 fully saturated rings. The first-order chi connectivity index (χ1) is 8.54. The molecular formula is C12H12F2N2O2. The molecule has 0 aliphatic carbocycles. The maximum Gasteiger partial charge on any atom is 0.586 e. The van der Waals surface area contributed by atoms with Gasteiger partial charge in [-0.05, 0) is 18.6 Å². The molecule has 0 bridgehead atoms. The van der Waals surface area contributed by atoms with Crippen LogP contribution < -0.4 is 14.8 Å². The third kappa shape index (κ3) is 2.62. The number of nitrogens with one attached hydrogen (secondary N) is 1. The monoisotopic (exact) mass is 254 g/mol. The summed E-state index contributed by atoms with van der Waals surface area (Å²) >= 11 is 0. The molecule has 18 heavy (non-hydrogen) atoms. The Morgan fingerprint density at radius 1 is 1.39 bits per heavy atom. The lowest BCUT2D eigenvalue weighted by Gasteiger charge is -2.15. The van der Waals surface area contributed by atoms with E-state index in [-0.39, 0.29) is 17.5 Å². The maximum absolute atomic E-state index is 12.8. The highest BCUT2D eigenvalue weighted by Crippen LogP contribution is 2.42. The summed E-state index contributed by atoms with van der Waals surface area (Å²) in [6, 6.07) is 6.52. The molecule has 1 aromatic rings. The van der Waals surface area contributed by atoms with Crippen molar-refractivity contribution in [1.29, 1.82) is 5.26 Å². The zero-order valence-electron chi connectivity index (χ0n) is 9.74. The smallest absolute Gasteiger partial charge is 0.395 e. The number of benzene rings is 1. The van der Waals surface area contributed by atoms with Crippen molar-refractivity contribution < 1.29 is 18.3 Å². The molecule has 2 rings (SSSR count). The summed E-state index contributed by atoms with van der Waals surface area (Å²) < 4.78 is 34.3. The van der Waals surface area contributed by atoms with Crippen LogP contribution in [-0.2, 0) is 0 Å². The highest BCUT2D eigenvalue weighted by molar-refractivity contribution is 5.56. The first kappa shape index (κ1) is 12.4. The van der Waals surface area contributed by atoms with Crippen LogP contribution >= 0.6 is 0 Å². The van der Waals surface area contributed by atoms with Gasteiger partial charge < -0.3 is 14.8 Å². The summed E-state index contributed by atoms with van der Waals surface area (Å²) in [5, 5.41) is 11.7. The van der Waals surface area contributed by atoms with Crippen LogP contribution in [0.5, 0.6) is 11.5 Å². The van der Waals surface area contributed by atoms with Gasteiger partial charge in [-0.1, -0.05) is 6.92 Å². The van der Waals surface area contributed by atoms with Gasteiger partial charge in [0.25, 0.3) is 0 Å². The first-order valence-corrected chi connectivity index (χ1v) is 5.57. The fraction of sp³-hybridized carbons (Fsp3) is 0.417. The fourth-order valence-corrected chi connectivity index (χ4v) is 1.68. The Kier molecular flexibility index (Phi) is 3.24. The quantitative estimate of drug-likeness (QED) is 0.896. The van der Waals surface area contributed by atoms with E-state index < -0.39 is 6.29 Å². The normalized spacial score (nSPS) is 17.0. The van der Waals surface area contributed by atoms with Crippen molar-refractivity contribution in [2.75, 3.05) is 5.32 Å². The number of hydrogen-bond acceptors (Lipinski definition) is 4. The molecule has 1 aliphatic rings. The lowest BCUT2D eigenvalue weighted by molar-refractivity contribution is -0.286. The van der Waals surface area contributed by atoms with Crippen LogP contribution in [0.1, 0.15) is 19.8 Å². The molecule has 4 nitrogen and oxygen atoms in total. The predicted octanol–water partition coefficient (Wildman–Crippen LogP) is 3.11. The second-order valence-corrected chi connectivity index (χ2v) is 3.94. The largest absolute Gasteiger partial charge is 0.586 e. The highest BCUT2D eigenvalue weighted by Gasteiger charge is 2.43. The van der Waals surface area contributed by atoms with Crippen LogP contribution in [0.2, 0.25) is 0 Å². The van der Waals surface area contributed by atoms with Gasteiger partial charge in [-0.2, -0.15) is 5.26 Å². The lowest BCUT2D eigenvalue weighted by atomic mass is 10.1. The highest BCUT2D eigenvalue weighted by atomic mass is 19.3. The van der Waals surface area contributed by atoms with E-state index in [0.29, 0.717) is 12.1 Å². The van der Waals surface area contributed by atoms with Crippen LogP contribution in [0.4, 0.5) is 14.5 Å². The van der Waals surface area contributed by atoms with Crippen LogP contribution in [0.3, 0.4) is 0 Å². The van der Waals surface area contributed by atoms with E-state index in [2.05, 4.69) is 20.9 Å². The fourth-order valence-electron chi connectivity index (χ4n) is 1.68. The maximum atomic E-state index is 12.8. The molecule has 1 atom stereocenters. The number of rotatable bonds is 4. The van der Waals surface area contributed by atoms with Gasteiger partial charge >= 0.3 is 6.29 Å². The Morgan fingerprint density at radius 3 is 2.78 bits per heavy atom. The second kappa shape index (κ2) is 4.69. The molecule has 1 aliphatic heterocycles. The molecule has 1 aromatic carbocycles. The number of fused-ring (bicyclic) bond motifs is 1. The molecule has 0 aromatic heterocycles. The molecule has 1 N–H and O–H groups in total. The van der Waals surface area contributed by atoms with Crippen LogP contribution in [0, 0.1) is 11.3 Å². The summed E-state index contributed by atoms with van der Waals surface area (Å²) in [5.41, 5.74) is 0.622. The summed E-state index contributed by atoms with van der Waals surface area (Å²) in [6.07, 6.45) is -2.49. The number of hydrogen-bond donors (Lipinski definition) is 1. The number of nitrogens with zero attached hydrogens (tertiary/aromatic N) is 1. The molecular weight excluding hydrogens is 242 g/mol. The molecule has 0 radical (unpaired) electrons. The van der Waals surface area contributed by atoms with E-state index in [4.69, 9.17) is 5.26 Å². The van der Waals surface area contributed by atoms with Crippen LogP contribution in [0.15, 0.2) is 18.2 Å². The van der Waals surface area contributed by atoms with Crippen LogP contribution in [0.25, 0.3) is 0 Å². The molecule has 0 saturated heterocycles. The number of halogens is 2. The number of nitriles is 1. The van der Waals surface area contributed by atoms with Gasteiger partial charge in [-0.25, -0.2) is 0 Å². The Labute approximate surface area is 103 Å². The van der Waals surface area contributed by atoms with Gasteiger partial charge in [0.2, 0.25) is 0 Å². The summed E-state index contributed by atoms with van der Waals surface area (Å²) in [4.78, 5) is 0. The number of anilines is 1. The summed E-state index contributed by atoms with van der Waals surface area (Å²) in [6.45, 7) is 1.94. The average molecular weight is 254 g/mol. The van der Waals surface area contributed by atoms with Gasteiger partial charge in [0.1, 0.15) is 0 Å². The van der Waals surface area contributed by atoms with Crippen molar-refractivity contribution in [2.45, 2.75) is 32.1 Å². The van der Waals surface area contributed by atoms with E-state index in [1.165, 1.54) is 12.1 Å². The van der Waals surface area contributed by atoms with Crippen molar-refractivity contribution in [2.24, 2.45) is 0 Å². The molecule has 1 unspecified atom stereocenters. The molecule has 1 heterocycles. The predicted molar refractivity (Wildman–Crippen MR) is 60.6 cm³/mol. The van der Waals surface area contributed by atoms with Crippen molar-refractivity contribution >= 4 is 5.69 Å². The molecule has 0 amide bonds. The molecule has 96 valence electrons. The molecule has 0 saturated carbocycles. The molecule has 6 heteroatoms.